The maximum absolute atomic E-state index is 12.4. The number of rotatable bonds is 6. The molecule has 3 heterocycles. The lowest BCUT2D eigenvalue weighted by atomic mass is 10.1. The van der Waals surface area contributed by atoms with E-state index in [0.29, 0.717) is 16.4 Å². The van der Waals surface area contributed by atoms with Crippen LogP contribution < -0.4 is 4.74 Å². The van der Waals surface area contributed by atoms with Gasteiger partial charge in [0.2, 0.25) is 5.16 Å². The Kier molecular flexibility index (Phi) is 4.80. The molecule has 1 aromatic carbocycles. The van der Waals surface area contributed by atoms with Gasteiger partial charge in [0.25, 0.3) is 0 Å². The van der Waals surface area contributed by atoms with Gasteiger partial charge < -0.3 is 4.74 Å². The Labute approximate surface area is 159 Å². The van der Waals surface area contributed by atoms with Crippen molar-refractivity contribution in [1.29, 1.82) is 0 Å². The van der Waals surface area contributed by atoms with Crippen LogP contribution in [0.4, 0.5) is 0 Å². The Hall–Kier alpha value is -3.26. The van der Waals surface area contributed by atoms with Crippen LogP contribution >= 0.6 is 11.8 Å². The number of aromatic nitrogens is 5. The zero-order valence-electron chi connectivity index (χ0n) is 14.4. The summed E-state index contributed by atoms with van der Waals surface area (Å²) < 4.78 is 6.77. The highest BCUT2D eigenvalue weighted by Gasteiger charge is 2.13. The monoisotopic (exact) mass is 377 g/mol. The Balaban J connectivity index is 1.54. The van der Waals surface area contributed by atoms with Gasteiger partial charge in [-0.1, -0.05) is 11.8 Å². The van der Waals surface area contributed by atoms with Crippen molar-refractivity contribution in [3.63, 3.8) is 0 Å². The highest BCUT2D eigenvalue weighted by molar-refractivity contribution is 7.99. The minimum absolute atomic E-state index is 0.00434. The molecule has 0 saturated heterocycles. The first-order chi connectivity index (χ1) is 13.2. The van der Waals surface area contributed by atoms with E-state index in [0.717, 1.165) is 17.0 Å². The van der Waals surface area contributed by atoms with E-state index in [1.165, 1.54) is 11.8 Å². The predicted octanol–water partition coefficient (Wildman–Crippen LogP) is 3.17. The molecule has 0 spiro atoms. The number of hydrogen-bond donors (Lipinski definition) is 0. The third-order valence-electron chi connectivity index (χ3n) is 3.95. The first kappa shape index (κ1) is 17.2. The second kappa shape index (κ2) is 7.55. The van der Waals surface area contributed by atoms with Crippen LogP contribution in [0.2, 0.25) is 0 Å². The first-order valence-electron chi connectivity index (χ1n) is 8.17. The van der Waals surface area contributed by atoms with Crippen LogP contribution in [0.5, 0.6) is 5.75 Å². The molecule has 0 saturated carbocycles. The van der Waals surface area contributed by atoms with Gasteiger partial charge in [-0.3, -0.25) is 9.78 Å². The fourth-order valence-corrected chi connectivity index (χ4v) is 3.31. The third kappa shape index (κ3) is 3.65. The van der Waals surface area contributed by atoms with E-state index >= 15 is 0 Å². The smallest absolute Gasteiger partial charge is 0.212 e. The van der Waals surface area contributed by atoms with E-state index in [2.05, 4.69) is 20.3 Å². The molecule has 0 fully saturated rings. The molecule has 4 rings (SSSR count). The topological polar surface area (TPSA) is 82.3 Å². The fourth-order valence-electron chi connectivity index (χ4n) is 2.53. The third-order valence-corrected chi connectivity index (χ3v) is 4.87. The molecule has 4 aromatic rings. The number of carbonyl (C=O) groups is 1. The number of hydrogen-bond acceptors (Lipinski definition) is 7. The second-order valence-corrected chi connectivity index (χ2v) is 6.59. The molecule has 3 aromatic heterocycles. The van der Waals surface area contributed by atoms with Gasteiger partial charge in [-0.15, -0.1) is 10.2 Å². The van der Waals surface area contributed by atoms with E-state index in [-0.39, 0.29) is 11.5 Å². The number of pyridine rings is 1. The van der Waals surface area contributed by atoms with Gasteiger partial charge in [-0.05, 0) is 48.5 Å². The van der Waals surface area contributed by atoms with E-state index in [4.69, 9.17) is 4.74 Å². The lowest BCUT2D eigenvalue weighted by Crippen LogP contribution is -2.04. The van der Waals surface area contributed by atoms with Gasteiger partial charge in [0.1, 0.15) is 5.75 Å². The molecule has 27 heavy (non-hydrogen) atoms. The molecular weight excluding hydrogens is 362 g/mol. The molecule has 0 aliphatic rings. The van der Waals surface area contributed by atoms with Gasteiger partial charge in [0, 0.05) is 23.5 Å². The molecule has 0 bridgehead atoms. The number of carbonyl (C=O) groups excluding carboxylic acids is 1. The average molecular weight is 377 g/mol. The van der Waals surface area contributed by atoms with Gasteiger partial charge in [-0.25, -0.2) is 0 Å². The maximum Gasteiger partial charge on any atom is 0.212 e. The summed E-state index contributed by atoms with van der Waals surface area (Å²) in [7, 11) is 1.59. The number of methoxy groups -OCH3 is 1. The minimum atomic E-state index is 0.00434. The van der Waals surface area contributed by atoms with E-state index < -0.39 is 0 Å². The number of ether oxygens (including phenoxy) is 1. The summed E-state index contributed by atoms with van der Waals surface area (Å²) in [5, 5.41) is 13.4. The molecular formula is C19H15N5O2S. The second-order valence-electron chi connectivity index (χ2n) is 5.65. The number of Topliss-reactive ketones (excluding diaryl/α,β-unsaturated/α-hetero) is 1. The normalized spacial score (nSPS) is 10.9. The van der Waals surface area contributed by atoms with Crippen molar-refractivity contribution in [2.45, 2.75) is 5.16 Å². The summed E-state index contributed by atoms with van der Waals surface area (Å²) in [6, 6.07) is 14.6. The highest BCUT2D eigenvalue weighted by Crippen LogP contribution is 2.21. The lowest BCUT2D eigenvalue weighted by molar-refractivity contribution is 0.102. The van der Waals surface area contributed by atoms with E-state index in [1.54, 1.807) is 48.3 Å². The summed E-state index contributed by atoms with van der Waals surface area (Å²) in [6.45, 7) is 0. The van der Waals surface area contributed by atoms with Crippen molar-refractivity contribution in [2.75, 3.05) is 12.9 Å². The molecule has 8 heteroatoms. The Morgan fingerprint density at radius 2 is 1.81 bits per heavy atom. The van der Waals surface area contributed by atoms with E-state index in [1.807, 2.05) is 24.3 Å². The van der Waals surface area contributed by atoms with Crippen molar-refractivity contribution in [2.24, 2.45) is 0 Å². The minimum Gasteiger partial charge on any atom is -0.497 e. The van der Waals surface area contributed by atoms with Crippen molar-refractivity contribution >= 4 is 23.2 Å². The van der Waals surface area contributed by atoms with Crippen LogP contribution in [-0.4, -0.2) is 43.4 Å². The molecule has 0 atom stereocenters. The van der Waals surface area contributed by atoms with Crippen LogP contribution in [0.1, 0.15) is 10.4 Å². The Morgan fingerprint density at radius 3 is 2.56 bits per heavy atom. The van der Waals surface area contributed by atoms with Crippen LogP contribution in [0.15, 0.2) is 66.1 Å². The molecule has 0 N–H and O–H groups in total. The summed E-state index contributed by atoms with van der Waals surface area (Å²) >= 11 is 1.31. The Morgan fingerprint density at radius 1 is 1.04 bits per heavy atom. The number of ketones is 1. The first-order valence-corrected chi connectivity index (χ1v) is 9.16. The van der Waals surface area contributed by atoms with Gasteiger partial charge in [0.15, 0.2) is 11.4 Å². The standard InChI is InChI=1S/C19H15N5O2S/c1-26-15-4-2-14(3-5-15)17(25)12-27-19-22-21-18-7-6-16(23-24(18)19)13-8-10-20-11-9-13/h2-11H,12H2,1H3. The molecule has 134 valence electrons. The quantitative estimate of drug-likeness (QED) is 0.377. The van der Waals surface area contributed by atoms with E-state index in [9.17, 15) is 4.79 Å². The predicted molar refractivity (Wildman–Crippen MR) is 102 cm³/mol. The average Bonchev–Trinajstić information content (AvgIpc) is 3.15. The number of benzene rings is 1. The zero-order chi connectivity index (χ0) is 18.6. The summed E-state index contributed by atoms with van der Waals surface area (Å²) in [5.41, 5.74) is 2.99. The van der Waals surface area contributed by atoms with Crippen LogP contribution in [0.25, 0.3) is 16.9 Å². The van der Waals surface area contributed by atoms with Crippen molar-refractivity contribution in [3.8, 4) is 17.0 Å². The van der Waals surface area contributed by atoms with Gasteiger partial charge in [0.05, 0.1) is 18.6 Å². The number of nitrogens with zero attached hydrogens (tertiary/aromatic N) is 5. The maximum atomic E-state index is 12.4. The molecule has 7 nitrogen and oxygen atoms in total. The summed E-state index contributed by atoms with van der Waals surface area (Å²) in [5.74, 6) is 0.967. The van der Waals surface area contributed by atoms with Crippen LogP contribution in [0.3, 0.4) is 0 Å². The number of thioether (sulfide) groups is 1. The summed E-state index contributed by atoms with van der Waals surface area (Å²) in [4.78, 5) is 16.4. The van der Waals surface area contributed by atoms with Crippen molar-refractivity contribution in [3.05, 3.63) is 66.5 Å². The zero-order valence-corrected chi connectivity index (χ0v) is 15.3. The number of fused-ring (bicyclic) bond motifs is 1. The SMILES string of the molecule is COc1ccc(C(=O)CSc2nnc3ccc(-c4ccncc4)nn23)cc1. The van der Waals surface area contributed by atoms with Gasteiger partial charge >= 0.3 is 0 Å². The molecule has 0 unspecified atom stereocenters. The lowest BCUT2D eigenvalue weighted by Gasteiger charge is -2.04. The molecule has 0 radical (unpaired) electrons. The molecule has 0 aliphatic carbocycles. The molecule has 0 aliphatic heterocycles. The summed E-state index contributed by atoms with van der Waals surface area (Å²) in [6.07, 6.45) is 3.44. The highest BCUT2D eigenvalue weighted by atomic mass is 32.2. The van der Waals surface area contributed by atoms with Crippen molar-refractivity contribution in [1.82, 2.24) is 24.8 Å². The Bertz CT molecular complexity index is 1080. The largest absolute Gasteiger partial charge is 0.497 e. The van der Waals surface area contributed by atoms with Crippen LogP contribution in [0, 0.1) is 0 Å². The molecule has 0 amide bonds. The van der Waals surface area contributed by atoms with Gasteiger partial charge in [-0.2, -0.15) is 9.61 Å². The fraction of sp³-hybridized carbons (Fsp3) is 0.105. The van der Waals surface area contributed by atoms with Crippen molar-refractivity contribution < 1.29 is 9.53 Å². The van der Waals surface area contributed by atoms with Crippen LogP contribution in [-0.2, 0) is 0 Å².